The second kappa shape index (κ2) is 5.78. The molecule has 0 saturated heterocycles. The van der Waals surface area contributed by atoms with E-state index in [-0.39, 0.29) is 21.2 Å². The summed E-state index contributed by atoms with van der Waals surface area (Å²) in [5, 5.41) is 2.78. The number of rotatable bonds is 2. The highest BCUT2D eigenvalue weighted by Gasteiger charge is 2.25. The fourth-order valence-electron chi connectivity index (χ4n) is 3.27. The number of anilines is 4. The van der Waals surface area contributed by atoms with Crippen LogP contribution >= 0.6 is 0 Å². The normalized spacial score (nSPS) is 11.9. The van der Waals surface area contributed by atoms with Gasteiger partial charge in [0.2, 0.25) is 9.84 Å². The van der Waals surface area contributed by atoms with Gasteiger partial charge in [0.05, 0.1) is 21.2 Å². The molecule has 0 heterocycles. The van der Waals surface area contributed by atoms with Gasteiger partial charge in [-0.05, 0) is 47.2 Å². The first-order valence-corrected chi connectivity index (χ1v) is 9.68. The molecule has 0 spiro atoms. The van der Waals surface area contributed by atoms with Crippen LogP contribution < -0.4 is 22.9 Å². The summed E-state index contributed by atoms with van der Waals surface area (Å²) in [5.74, 6) is 0. The lowest BCUT2D eigenvalue weighted by molar-refractivity contribution is 0.597. The van der Waals surface area contributed by atoms with Crippen molar-refractivity contribution in [3.63, 3.8) is 0 Å². The van der Waals surface area contributed by atoms with E-state index >= 15 is 0 Å². The third kappa shape index (κ3) is 2.60. The molecule has 0 aliphatic heterocycles. The first-order valence-electron chi connectivity index (χ1n) is 8.19. The lowest BCUT2D eigenvalue weighted by Gasteiger charge is -2.14. The molecule has 0 amide bonds. The van der Waals surface area contributed by atoms with Crippen LogP contribution in [0.15, 0.2) is 70.5 Å². The molecule has 27 heavy (non-hydrogen) atoms. The molecule has 0 fully saturated rings. The zero-order valence-corrected chi connectivity index (χ0v) is 15.1. The molecular formula is C20H18N4O2S. The summed E-state index contributed by atoms with van der Waals surface area (Å²) in [6.45, 7) is 0. The minimum Gasteiger partial charge on any atom is -0.399 e. The summed E-state index contributed by atoms with van der Waals surface area (Å²) in [7, 11) is -3.94. The lowest BCUT2D eigenvalue weighted by Crippen LogP contribution is -2.09. The highest BCUT2D eigenvalue weighted by Crippen LogP contribution is 2.37. The average Bonchev–Trinajstić information content (AvgIpc) is 2.63. The number of hydrogen-bond acceptors (Lipinski definition) is 6. The van der Waals surface area contributed by atoms with Crippen molar-refractivity contribution in [1.29, 1.82) is 0 Å². The fraction of sp³-hybridized carbons (Fsp3) is 0. The van der Waals surface area contributed by atoms with E-state index in [4.69, 9.17) is 22.9 Å². The van der Waals surface area contributed by atoms with E-state index in [9.17, 15) is 8.42 Å². The largest absolute Gasteiger partial charge is 0.399 e. The summed E-state index contributed by atoms with van der Waals surface area (Å²) < 4.78 is 26.6. The Labute approximate surface area is 156 Å². The van der Waals surface area contributed by atoms with Crippen LogP contribution in [-0.2, 0) is 9.84 Å². The second-order valence-corrected chi connectivity index (χ2v) is 8.31. The first kappa shape index (κ1) is 17.0. The van der Waals surface area contributed by atoms with Gasteiger partial charge in [-0.2, -0.15) is 0 Å². The smallest absolute Gasteiger partial charge is 0.210 e. The van der Waals surface area contributed by atoms with Crippen LogP contribution in [0.2, 0.25) is 0 Å². The summed E-state index contributed by atoms with van der Waals surface area (Å²) in [4.78, 5) is -0.00824. The van der Waals surface area contributed by atoms with Crippen LogP contribution in [0.3, 0.4) is 0 Å². The Balaban J connectivity index is 1.99. The molecule has 8 N–H and O–H groups in total. The summed E-state index contributed by atoms with van der Waals surface area (Å²) in [5.41, 5.74) is 25.4. The van der Waals surface area contributed by atoms with E-state index in [1.807, 2.05) is 0 Å². The van der Waals surface area contributed by atoms with Crippen molar-refractivity contribution >= 4 is 54.1 Å². The maximum absolute atomic E-state index is 13.3. The molecule has 0 aromatic heterocycles. The summed E-state index contributed by atoms with van der Waals surface area (Å²) in [6, 6.07) is 16.8. The van der Waals surface area contributed by atoms with E-state index in [1.165, 1.54) is 12.1 Å². The quantitative estimate of drug-likeness (QED) is 0.395. The van der Waals surface area contributed by atoms with Crippen LogP contribution in [0.1, 0.15) is 0 Å². The lowest BCUT2D eigenvalue weighted by atomic mass is 10.1. The van der Waals surface area contributed by atoms with Crippen LogP contribution in [0.5, 0.6) is 0 Å². The van der Waals surface area contributed by atoms with Crippen molar-refractivity contribution in [2.75, 3.05) is 22.9 Å². The van der Waals surface area contributed by atoms with Gasteiger partial charge in [0.1, 0.15) is 0 Å². The van der Waals surface area contributed by atoms with Gasteiger partial charge in [-0.1, -0.05) is 24.3 Å². The maximum Gasteiger partial charge on any atom is 0.210 e. The zero-order valence-electron chi connectivity index (χ0n) is 14.3. The molecule has 7 heteroatoms. The molecule has 0 aliphatic carbocycles. The van der Waals surface area contributed by atoms with Crippen LogP contribution in [0.4, 0.5) is 22.7 Å². The Kier molecular flexibility index (Phi) is 3.64. The zero-order chi connectivity index (χ0) is 19.3. The monoisotopic (exact) mass is 378 g/mol. The maximum atomic E-state index is 13.3. The van der Waals surface area contributed by atoms with Gasteiger partial charge >= 0.3 is 0 Å². The van der Waals surface area contributed by atoms with E-state index in [0.29, 0.717) is 22.1 Å². The Hall–Kier alpha value is -3.45. The fourth-order valence-corrected chi connectivity index (χ4v) is 4.80. The number of nitrogens with two attached hydrogens (primary N) is 4. The van der Waals surface area contributed by atoms with E-state index in [0.717, 1.165) is 10.8 Å². The number of nitrogen functional groups attached to an aromatic ring is 4. The first-order chi connectivity index (χ1) is 12.8. The molecular weight excluding hydrogens is 360 g/mol. The topological polar surface area (TPSA) is 138 Å². The number of hydrogen-bond donors (Lipinski definition) is 4. The van der Waals surface area contributed by atoms with Gasteiger partial charge in [0, 0.05) is 22.1 Å². The van der Waals surface area contributed by atoms with Crippen molar-refractivity contribution in [1.82, 2.24) is 0 Å². The number of fused-ring (bicyclic) bond motifs is 2. The molecule has 4 rings (SSSR count). The Bertz CT molecular complexity index is 1230. The molecule has 136 valence electrons. The summed E-state index contributed by atoms with van der Waals surface area (Å²) >= 11 is 0. The molecule has 4 aromatic rings. The van der Waals surface area contributed by atoms with Gasteiger partial charge in [-0.3, -0.25) is 0 Å². The molecule has 6 nitrogen and oxygen atoms in total. The Morgan fingerprint density at radius 2 is 0.926 bits per heavy atom. The predicted molar refractivity (Wildman–Crippen MR) is 111 cm³/mol. The standard InChI is InChI=1S/C20H18N4O2S/c21-13-5-1-11-3-7-17(19(23)15(11)9-13)27(25,26)18-8-4-12-2-6-14(22)10-16(12)20(18)24/h1-10H,21-24H2. The van der Waals surface area contributed by atoms with Gasteiger partial charge < -0.3 is 22.9 Å². The SMILES string of the molecule is Nc1ccc2ccc(S(=O)(=O)c3ccc4ccc(N)cc4c3N)c(N)c2c1. The number of benzene rings is 4. The third-order valence-electron chi connectivity index (χ3n) is 4.67. The Morgan fingerprint density at radius 1 is 0.556 bits per heavy atom. The third-order valence-corrected chi connectivity index (χ3v) is 6.54. The molecule has 4 aromatic carbocycles. The average molecular weight is 378 g/mol. The van der Waals surface area contributed by atoms with E-state index in [2.05, 4.69) is 0 Å². The van der Waals surface area contributed by atoms with Crippen LogP contribution in [0.25, 0.3) is 21.5 Å². The van der Waals surface area contributed by atoms with Gasteiger partial charge in [-0.15, -0.1) is 0 Å². The molecule has 0 aliphatic rings. The van der Waals surface area contributed by atoms with Gasteiger partial charge in [-0.25, -0.2) is 8.42 Å². The van der Waals surface area contributed by atoms with Crippen molar-refractivity contribution < 1.29 is 8.42 Å². The minimum absolute atomic E-state index is 0.00412. The second-order valence-electron chi connectivity index (χ2n) is 6.42. The van der Waals surface area contributed by atoms with E-state index in [1.54, 1.807) is 48.5 Å². The van der Waals surface area contributed by atoms with Crippen molar-refractivity contribution in [3.05, 3.63) is 60.7 Å². The van der Waals surface area contributed by atoms with Crippen molar-refractivity contribution in [2.45, 2.75) is 9.79 Å². The van der Waals surface area contributed by atoms with E-state index < -0.39 is 9.84 Å². The highest BCUT2D eigenvalue weighted by molar-refractivity contribution is 7.91. The van der Waals surface area contributed by atoms with Crippen LogP contribution in [-0.4, -0.2) is 8.42 Å². The molecule has 0 radical (unpaired) electrons. The minimum atomic E-state index is -3.94. The van der Waals surface area contributed by atoms with Crippen molar-refractivity contribution in [2.24, 2.45) is 0 Å². The Morgan fingerprint density at radius 3 is 1.33 bits per heavy atom. The van der Waals surface area contributed by atoms with Gasteiger partial charge in [0.25, 0.3) is 0 Å². The van der Waals surface area contributed by atoms with Crippen LogP contribution in [0, 0.1) is 0 Å². The molecule has 0 bridgehead atoms. The number of sulfone groups is 1. The molecule has 0 atom stereocenters. The summed E-state index contributed by atoms with van der Waals surface area (Å²) in [6.07, 6.45) is 0. The van der Waals surface area contributed by atoms with Crippen molar-refractivity contribution in [3.8, 4) is 0 Å². The molecule has 0 unspecified atom stereocenters. The highest BCUT2D eigenvalue weighted by atomic mass is 32.2. The predicted octanol–water partition coefficient (Wildman–Crippen LogP) is 3.15. The molecule has 0 saturated carbocycles. The van der Waals surface area contributed by atoms with Gasteiger partial charge in [0.15, 0.2) is 0 Å².